The van der Waals surface area contributed by atoms with Gasteiger partial charge in [-0.3, -0.25) is 0 Å². The number of rotatable bonds is 11. The lowest BCUT2D eigenvalue weighted by Crippen LogP contribution is -2.67. The molecule has 1 heterocycles. The van der Waals surface area contributed by atoms with Crippen LogP contribution in [-0.4, -0.2) is 45.1 Å². The summed E-state index contributed by atoms with van der Waals surface area (Å²) in [6.45, 7) is 10.2. The minimum absolute atomic E-state index is 0.0509. The number of hydrogen-bond donors (Lipinski definition) is 1. The first-order valence-corrected chi connectivity index (χ1v) is 15.4. The van der Waals surface area contributed by atoms with Crippen LogP contribution in [-0.2, 0) is 13.9 Å². The van der Waals surface area contributed by atoms with Gasteiger partial charge in [0, 0.05) is 19.1 Å². The van der Waals surface area contributed by atoms with E-state index < -0.39 is 14.4 Å². The van der Waals surface area contributed by atoms with E-state index in [0.29, 0.717) is 19.4 Å². The molecule has 0 radical (unpaired) electrons. The van der Waals surface area contributed by atoms with Gasteiger partial charge in [-0.05, 0) is 47.5 Å². The average molecular weight is 509 g/mol. The first-order valence-electron chi connectivity index (χ1n) is 13.5. The van der Waals surface area contributed by atoms with Crippen LogP contribution in [0.15, 0.2) is 60.7 Å². The molecule has 1 fully saturated rings. The molecule has 3 atom stereocenters. The van der Waals surface area contributed by atoms with Crippen molar-refractivity contribution in [3.63, 3.8) is 0 Å². The van der Waals surface area contributed by atoms with Gasteiger partial charge in [-0.1, -0.05) is 107 Å². The van der Waals surface area contributed by atoms with Gasteiger partial charge in [-0.15, -0.1) is 0 Å². The summed E-state index contributed by atoms with van der Waals surface area (Å²) in [6, 6.07) is 21.4. The van der Waals surface area contributed by atoms with Crippen LogP contribution < -0.4 is 10.4 Å². The van der Waals surface area contributed by atoms with E-state index in [-0.39, 0.29) is 17.4 Å². The molecule has 0 saturated carbocycles. The molecular weight excluding hydrogens is 464 g/mol. The van der Waals surface area contributed by atoms with Crippen molar-refractivity contribution in [1.82, 2.24) is 0 Å². The van der Waals surface area contributed by atoms with Crippen LogP contribution in [0.5, 0.6) is 0 Å². The number of hydrogen-bond acceptors (Lipinski definition) is 4. The Morgan fingerprint density at radius 1 is 1.00 bits per heavy atom. The van der Waals surface area contributed by atoms with E-state index in [4.69, 9.17) is 13.9 Å². The van der Waals surface area contributed by atoms with Crippen LogP contribution in [0.4, 0.5) is 0 Å². The molecule has 4 nitrogen and oxygen atoms in total. The Morgan fingerprint density at radius 3 is 2.17 bits per heavy atom. The molecule has 5 heteroatoms. The lowest BCUT2D eigenvalue weighted by Gasteiger charge is -2.45. The van der Waals surface area contributed by atoms with Crippen LogP contribution in [0, 0.1) is 11.8 Å². The summed E-state index contributed by atoms with van der Waals surface area (Å²) in [5, 5.41) is 13.3. The Bertz CT molecular complexity index is 900. The zero-order valence-corrected chi connectivity index (χ0v) is 23.5. The molecule has 0 aromatic heterocycles. The molecule has 1 aliphatic rings. The van der Waals surface area contributed by atoms with Crippen LogP contribution in [0.3, 0.4) is 0 Å². The van der Waals surface area contributed by atoms with Gasteiger partial charge in [0.05, 0.1) is 6.10 Å². The normalized spacial score (nSPS) is 18.2. The summed E-state index contributed by atoms with van der Waals surface area (Å²) in [4.78, 5) is 0. The largest absolute Gasteiger partial charge is 0.404 e. The van der Waals surface area contributed by atoms with Crippen molar-refractivity contribution in [2.24, 2.45) is 0 Å². The van der Waals surface area contributed by atoms with Crippen molar-refractivity contribution in [2.45, 2.75) is 96.2 Å². The van der Waals surface area contributed by atoms with Crippen molar-refractivity contribution >= 4 is 18.7 Å². The Kier molecular flexibility index (Phi) is 11.2. The van der Waals surface area contributed by atoms with Gasteiger partial charge in [0.15, 0.2) is 6.29 Å². The zero-order chi connectivity index (χ0) is 25.9. The van der Waals surface area contributed by atoms with Crippen molar-refractivity contribution in [3.05, 3.63) is 60.7 Å². The summed E-state index contributed by atoms with van der Waals surface area (Å²) >= 11 is 0. The van der Waals surface area contributed by atoms with E-state index in [1.807, 2.05) is 0 Å². The molecule has 0 spiro atoms. The third-order valence-electron chi connectivity index (χ3n) is 6.85. The first-order chi connectivity index (χ1) is 17.4. The Hall–Kier alpha value is -1.94. The standard InChI is InChI=1S/C31H44O4Si/c1-5-16-27(25-26(32)17-12-14-23-33-30-22-13-15-24-34-30)35-36(31(2,3)4,28-18-8-6-9-19-28)29-20-10-7-11-21-29/h6-11,18-21,26-27,30,32H,5,13,15-17,22-25H2,1-4H3/t26-,27-,30?/m0/s1. The van der Waals surface area contributed by atoms with Crippen LogP contribution in [0.2, 0.25) is 5.04 Å². The molecule has 1 unspecified atom stereocenters. The summed E-state index contributed by atoms with van der Waals surface area (Å²) in [6.07, 6.45) is 5.33. The monoisotopic (exact) mass is 508 g/mol. The number of benzene rings is 2. The predicted molar refractivity (Wildman–Crippen MR) is 150 cm³/mol. The topological polar surface area (TPSA) is 47.9 Å². The molecule has 3 rings (SSSR count). The van der Waals surface area contributed by atoms with E-state index in [1.165, 1.54) is 10.4 Å². The van der Waals surface area contributed by atoms with Crippen LogP contribution >= 0.6 is 0 Å². The first kappa shape index (κ1) is 28.6. The van der Waals surface area contributed by atoms with E-state index in [2.05, 4.69) is 100 Å². The fraction of sp³-hybridized carbons (Fsp3) is 0.548. The molecule has 1 N–H and O–H groups in total. The SMILES string of the molecule is CCC[C@@H](C[C@@H](O)CC#CCOC1CCCCO1)O[Si](c1ccccc1)(c1ccccc1)C(C)(C)C. The van der Waals surface area contributed by atoms with Gasteiger partial charge in [-0.2, -0.15) is 0 Å². The third kappa shape index (κ3) is 7.78. The lowest BCUT2D eigenvalue weighted by molar-refractivity contribution is -0.154. The molecule has 196 valence electrons. The molecule has 2 aromatic carbocycles. The highest BCUT2D eigenvalue weighted by Crippen LogP contribution is 2.38. The van der Waals surface area contributed by atoms with E-state index >= 15 is 0 Å². The maximum Gasteiger partial charge on any atom is 0.261 e. The molecule has 2 aromatic rings. The minimum Gasteiger partial charge on any atom is -0.404 e. The van der Waals surface area contributed by atoms with E-state index in [0.717, 1.165) is 38.7 Å². The number of ether oxygens (including phenoxy) is 2. The van der Waals surface area contributed by atoms with Crippen molar-refractivity contribution in [3.8, 4) is 11.8 Å². The Morgan fingerprint density at radius 2 is 1.64 bits per heavy atom. The molecular formula is C31H44O4Si. The molecule has 0 amide bonds. The average Bonchev–Trinajstić information content (AvgIpc) is 2.88. The van der Waals surface area contributed by atoms with E-state index in [1.54, 1.807) is 0 Å². The second-order valence-corrected chi connectivity index (χ2v) is 15.0. The smallest absolute Gasteiger partial charge is 0.261 e. The minimum atomic E-state index is -2.66. The van der Waals surface area contributed by atoms with Gasteiger partial charge in [-0.25, -0.2) is 0 Å². The quantitative estimate of drug-likeness (QED) is 0.325. The van der Waals surface area contributed by atoms with Crippen molar-refractivity contribution in [1.29, 1.82) is 0 Å². The van der Waals surface area contributed by atoms with Gasteiger partial charge in [0.1, 0.15) is 6.61 Å². The number of aliphatic hydroxyl groups excluding tert-OH is 1. The van der Waals surface area contributed by atoms with Crippen LogP contribution in [0.1, 0.15) is 72.6 Å². The van der Waals surface area contributed by atoms with Gasteiger partial charge < -0.3 is 19.0 Å². The molecule has 0 aliphatic carbocycles. The zero-order valence-electron chi connectivity index (χ0n) is 22.5. The highest BCUT2D eigenvalue weighted by molar-refractivity contribution is 6.99. The second-order valence-electron chi connectivity index (χ2n) is 10.7. The molecule has 1 saturated heterocycles. The Balaban J connectivity index is 1.74. The van der Waals surface area contributed by atoms with Gasteiger partial charge >= 0.3 is 0 Å². The van der Waals surface area contributed by atoms with Crippen LogP contribution in [0.25, 0.3) is 0 Å². The van der Waals surface area contributed by atoms with Gasteiger partial charge in [0.25, 0.3) is 8.32 Å². The van der Waals surface area contributed by atoms with Gasteiger partial charge in [0.2, 0.25) is 0 Å². The molecule has 36 heavy (non-hydrogen) atoms. The third-order valence-corrected chi connectivity index (χ3v) is 11.9. The fourth-order valence-corrected chi connectivity index (χ4v) is 9.82. The summed E-state index contributed by atoms with van der Waals surface area (Å²) in [5.41, 5.74) is 0. The second kappa shape index (κ2) is 14.1. The molecule has 0 bridgehead atoms. The summed E-state index contributed by atoms with van der Waals surface area (Å²) < 4.78 is 18.6. The predicted octanol–water partition coefficient (Wildman–Crippen LogP) is 5.42. The maximum atomic E-state index is 10.9. The van der Waals surface area contributed by atoms with E-state index in [9.17, 15) is 5.11 Å². The van der Waals surface area contributed by atoms with Crippen molar-refractivity contribution < 1.29 is 19.0 Å². The highest BCUT2D eigenvalue weighted by atomic mass is 28.4. The Labute approximate surface area is 219 Å². The molecule has 1 aliphatic heterocycles. The summed E-state index contributed by atoms with van der Waals surface area (Å²) in [5.74, 6) is 6.15. The number of aliphatic hydroxyl groups is 1. The fourth-order valence-electron chi connectivity index (χ4n) is 5.09. The maximum absolute atomic E-state index is 10.9. The summed E-state index contributed by atoms with van der Waals surface area (Å²) in [7, 11) is -2.66. The lowest BCUT2D eigenvalue weighted by atomic mass is 10.1. The highest BCUT2D eigenvalue weighted by Gasteiger charge is 2.51. The van der Waals surface area contributed by atoms with Crippen molar-refractivity contribution in [2.75, 3.05) is 13.2 Å².